The molecule has 2 heterocycles. The normalized spacial score (nSPS) is 29.1. The largest absolute Gasteiger partial charge is 0.349 e. The first-order valence-electron chi connectivity index (χ1n) is 8.59. The maximum Gasteiger partial charge on any atom is 0.251 e. The summed E-state index contributed by atoms with van der Waals surface area (Å²) in [6.07, 6.45) is 5.41. The van der Waals surface area contributed by atoms with Gasteiger partial charge in [0.2, 0.25) is 0 Å². The number of carbonyl (C=O) groups is 2. The maximum absolute atomic E-state index is 12.5. The summed E-state index contributed by atoms with van der Waals surface area (Å²) in [5.41, 5.74) is 1.21. The van der Waals surface area contributed by atoms with E-state index in [1.54, 1.807) is 24.3 Å². The molecule has 3 fully saturated rings. The Bertz CT molecular complexity index is 620. The molecular formula is C18H23N3O2. The minimum Gasteiger partial charge on any atom is -0.349 e. The molecule has 0 radical (unpaired) electrons. The van der Waals surface area contributed by atoms with Gasteiger partial charge in [0, 0.05) is 30.3 Å². The summed E-state index contributed by atoms with van der Waals surface area (Å²) in [6.45, 7) is 3.21. The second kappa shape index (κ2) is 5.64. The lowest BCUT2D eigenvalue weighted by molar-refractivity contribution is 0.0875. The summed E-state index contributed by atoms with van der Waals surface area (Å²) in [4.78, 5) is 26.9. The molecule has 2 unspecified atom stereocenters. The number of amides is 2. The second-order valence-electron chi connectivity index (χ2n) is 7.19. The van der Waals surface area contributed by atoms with Crippen LogP contribution in [0.25, 0.3) is 0 Å². The van der Waals surface area contributed by atoms with Gasteiger partial charge in [-0.1, -0.05) is 0 Å². The van der Waals surface area contributed by atoms with E-state index in [1.807, 2.05) is 0 Å². The van der Waals surface area contributed by atoms with Gasteiger partial charge in [0.1, 0.15) is 0 Å². The number of carbonyl (C=O) groups excluding carboxylic acids is 2. The van der Waals surface area contributed by atoms with Crippen molar-refractivity contribution in [3.05, 3.63) is 35.4 Å². The standard InChI is InChI=1S/C18H23N3O2/c22-16(19-15-6-7-15)13-2-4-14(5-3-13)17(23)20-18-8-1-10-21(12-18)11-9-18/h2-5,15H,1,6-12H2,(H,19,22)(H,20,23). The molecule has 1 saturated carbocycles. The van der Waals surface area contributed by atoms with E-state index < -0.39 is 0 Å². The van der Waals surface area contributed by atoms with E-state index in [0.29, 0.717) is 17.2 Å². The van der Waals surface area contributed by atoms with Gasteiger partial charge >= 0.3 is 0 Å². The van der Waals surface area contributed by atoms with Gasteiger partial charge in [-0.15, -0.1) is 0 Å². The summed E-state index contributed by atoms with van der Waals surface area (Å²) >= 11 is 0. The third kappa shape index (κ3) is 3.11. The molecule has 0 aromatic heterocycles. The number of piperidine rings is 1. The van der Waals surface area contributed by atoms with Crippen molar-refractivity contribution >= 4 is 11.8 Å². The van der Waals surface area contributed by atoms with Crippen molar-refractivity contribution in [3.63, 3.8) is 0 Å². The van der Waals surface area contributed by atoms with E-state index in [1.165, 1.54) is 0 Å². The van der Waals surface area contributed by atoms with Crippen LogP contribution in [0.2, 0.25) is 0 Å². The summed E-state index contributed by atoms with van der Waals surface area (Å²) in [6, 6.07) is 7.34. The molecular weight excluding hydrogens is 290 g/mol. The van der Waals surface area contributed by atoms with Crippen molar-refractivity contribution in [1.29, 1.82) is 0 Å². The van der Waals surface area contributed by atoms with E-state index in [9.17, 15) is 9.59 Å². The molecule has 2 aliphatic heterocycles. The highest BCUT2D eigenvalue weighted by molar-refractivity contribution is 5.98. The third-order valence-corrected chi connectivity index (χ3v) is 5.26. The van der Waals surface area contributed by atoms with Crippen molar-refractivity contribution in [2.24, 2.45) is 0 Å². The number of hydrogen-bond donors (Lipinski definition) is 2. The highest BCUT2D eigenvalue weighted by atomic mass is 16.2. The van der Waals surface area contributed by atoms with Gasteiger partial charge in [-0.2, -0.15) is 0 Å². The Morgan fingerprint density at radius 3 is 2.39 bits per heavy atom. The van der Waals surface area contributed by atoms with E-state index in [-0.39, 0.29) is 17.4 Å². The Morgan fingerprint density at radius 1 is 1.00 bits per heavy atom. The fourth-order valence-corrected chi connectivity index (χ4v) is 3.74. The van der Waals surface area contributed by atoms with Gasteiger partial charge in [-0.25, -0.2) is 0 Å². The average molecular weight is 313 g/mol. The molecule has 0 spiro atoms. The molecule has 122 valence electrons. The van der Waals surface area contributed by atoms with Gasteiger partial charge in [-0.05, 0) is 62.9 Å². The lowest BCUT2D eigenvalue weighted by atomic mass is 9.90. The maximum atomic E-state index is 12.5. The highest BCUT2D eigenvalue weighted by Crippen LogP contribution is 2.31. The molecule has 4 rings (SSSR count). The van der Waals surface area contributed by atoms with Crippen LogP contribution in [-0.4, -0.2) is 47.9 Å². The molecule has 2 amide bonds. The topological polar surface area (TPSA) is 61.4 Å². The number of benzene rings is 1. The Labute approximate surface area is 136 Å². The van der Waals surface area contributed by atoms with Gasteiger partial charge in [-0.3, -0.25) is 9.59 Å². The van der Waals surface area contributed by atoms with Crippen LogP contribution in [0.1, 0.15) is 52.8 Å². The van der Waals surface area contributed by atoms with E-state index in [4.69, 9.17) is 0 Å². The number of nitrogens with one attached hydrogen (secondary N) is 2. The van der Waals surface area contributed by atoms with Crippen molar-refractivity contribution in [2.75, 3.05) is 19.6 Å². The zero-order valence-corrected chi connectivity index (χ0v) is 13.3. The van der Waals surface area contributed by atoms with Crippen molar-refractivity contribution in [3.8, 4) is 0 Å². The van der Waals surface area contributed by atoms with Crippen LogP contribution in [0, 0.1) is 0 Å². The SMILES string of the molecule is O=C(NC1CC1)c1ccc(C(=O)NC23CCCN(CC2)C3)cc1. The molecule has 5 heteroatoms. The smallest absolute Gasteiger partial charge is 0.251 e. The van der Waals surface area contributed by atoms with Crippen molar-refractivity contribution in [1.82, 2.24) is 15.5 Å². The molecule has 23 heavy (non-hydrogen) atoms. The minimum absolute atomic E-state index is 0.0251. The molecule has 2 atom stereocenters. The minimum atomic E-state index is -0.0447. The monoisotopic (exact) mass is 313 g/mol. The van der Waals surface area contributed by atoms with E-state index in [2.05, 4.69) is 15.5 Å². The number of hydrogen-bond acceptors (Lipinski definition) is 3. The zero-order chi connectivity index (χ0) is 15.9. The predicted molar refractivity (Wildman–Crippen MR) is 87.4 cm³/mol. The summed E-state index contributed by atoms with van der Waals surface area (Å²) in [5.74, 6) is -0.0698. The number of rotatable bonds is 4. The van der Waals surface area contributed by atoms with Gasteiger partial charge < -0.3 is 15.5 Å². The number of nitrogens with zero attached hydrogens (tertiary/aromatic N) is 1. The Kier molecular flexibility index (Phi) is 3.60. The van der Waals surface area contributed by atoms with Gasteiger partial charge in [0.15, 0.2) is 0 Å². The van der Waals surface area contributed by atoms with Crippen LogP contribution in [-0.2, 0) is 0 Å². The fourth-order valence-electron chi connectivity index (χ4n) is 3.74. The first-order valence-corrected chi connectivity index (χ1v) is 8.59. The van der Waals surface area contributed by atoms with E-state index >= 15 is 0 Å². The van der Waals surface area contributed by atoms with Crippen LogP contribution >= 0.6 is 0 Å². The molecule has 5 nitrogen and oxygen atoms in total. The summed E-state index contributed by atoms with van der Waals surface area (Å²) in [5, 5.41) is 6.21. The molecule has 1 aromatic carbocycles. The van der Waals surface area contributed by atoms with Gasteiger partial charge in [0.05, 0.1) is 5.54 Å². The van der Waals surface area contributed by atoms with Crippen LogP contribution in [0.5, 0.6) is 0 Å². The molecule has 1 aromatic rings. The van der Waals surface area contributed by atoms with Crippen molar-refractivity contribution in [2.45, 2.75) is 43.7 Å². The van der Waals surface area contributed by atoms with Crippen molar-refractivity contribution < 1.29 is 9.59 Å². The summed E-state index contributed by atoms with van der Waals surface area (Å²) < 4.78 is 0. The molecule has 2 bridgehead atoms. The second-order valence-corrected chi connectivity index (χ2v) is 7.19. The molecule has 1 aliphatic carbocycles. The average Bonchev–Trinajstić information content (AvgIpc) is 3.32. The first-order chi connectivity index (χ1) is 11.1. The highest BCUT2D eigenvalue weighted by Gasteiger charge is 2.41. The zero-order valence-electron chi connectivity index (χ0n) is 13.3. The third-order valence-electron chi connectivity index (χ3n) is 5.26. The molecule has 2 saturated heterocycles. The van der Waals surface area contributed by atoms with Crippen LogP contribution in [0.15, 0.2) is 24.3 Å². The lowest BCUT2D eigenvalue weighted by Crippen LogP contribution is -2.52. The van der Waals surface area contributed by atoms with Gasteiger partial charge in [0.25, 0.3) is 11.8 Å². The predicted octanol–water partition coefficient (Wildman–Crippen LogP) is 1.55. The fraction of sp³-hybridized carbons (Fsp3) is 0.556. The molecule has 3 aliphatic rings. The quantitative estimate of drug-likeness (QED) is 0.886. The van der Waals surface area contributed by atoms with Crippen LogP contribution in [0.4, 0.5) is 0 Å². The van der Waals surface area contributed by atoms with Crippen LogP contribution in [0.3, 0.4) is 0 Å². The Morgan fingerprint density at radius 2 is 1.70 bits per heavy atom. The van der Waals surface area contributed by atoms with Crippen LogP contribution < -0.4 is 10.6 Å². The lowest BCUT2D eigenvalue weighted by Gasteiger charge is -2.34. The molecule has 2 N–H and O–H groups in total. The first kappa shape index (κ1) is 14.7. The van der Waals surface area contributed by atoms with E-state index in [0.717, 1.165) is 51.7 Å². The summed E-state index contributed by atoms with van der Waals surface area (Å²) in [7, 11) is 0. The Hall–Kier alpha value is -1.88. The number of fused-ring (bicyclic) bond motifs is 2. The Balaban J connectivity index is 1.41.